The topological polar surface area (TPSA) is 57.4 Å². The van der Waals surface area contributed by atoms with E-state index in [1.54, 1.807) is 0 Å². The van der Waals surface area contributed by atoms with Crippen LogP contribution in [0.2, 0.25) is 0 Å². The molecule has 1 N–H and O–H groups in total. The van der Waals surface area contributed by atoms with Crippen LogP contribution in [0.3, 0.4) is 0 Å². The van der Waals surface area contributed by atoms with Crippen LogP contribution in [0.5, 0.6) is 0 Å². The molecule has 116 valence electrons. The van der Waals surface area contributed by atoms with Gasteiger partial charge in [-0.2, -0.15) is 4.98 Å². The molecule has 2 atom stereocenters. The van der Waals surface area contributed by atoms with E-state index in [4.69, 9.17) is 4.52 Å². The summed E-state index contributed by atoms with van der Waals surface area (Å²) in [5.74, 6) is 1.94. The van der Waals surface area contributed by atoms with Gasteiger partial charge < -0.3 is 9.84 Å². The van der Waals surface area contributed by atoms with Crippen molar-refractivity contribution in [1.82, 2.24) is 25.3 Å². The number of likely N-dealkylation sites (N-methyl/N-ethyl adjacent to an activating group) is 1. The molecule has 2 unspecified atom stereocenters. The Morgan fingerprint density at radius 2 is 2.10 bits per heavy atom. The van der Waals surface area contributed by atoms with Gasteiger partial charge in [0.15, 0.2) is 5.82 Å². The number of aromatic nitrogens is 2. The maximum Gasteiger partial charge on any atom is 0.244 e. The van der Waals surface area contributed by atoms with Crippen LogP contribution in [-0.2, 0) is 0 Å². The van der Waals surface area contributed by atoms with Crippen LogP contribution in [0.25, 0.3) is 0 Å². The van der Waals surface area contributed by atoms with Crippen molar-refractivity contribution in [1.29, 1.82) is 0 Å². The highest BCUT2D eigenvalue weighted by atomic mass is 35.5. The lowest BCUT2D eigenvalue weighted by atomic mass is 10.0. The van der Waals surface area contributed by atoms with E-state index >= 15 is 0 Å². The van der Waals surface area contributed by atoms with Gasteiger partial charge >= 0.3 is 0 Å². The first-order valence-electron chi connectivity index (χ1n) is 6.91. The molecule has 0 spiro atoms. The molecule has 0 amide bonds. The quantitative estimate of drug-likeness (QED) is 0.905. The Labute approximate surface area is 127 Å². The second-order valence-corrected chi connectivity index (χ2v) is 5.84. The summed E-state index contributed by atoms with van der Waals surface area (Å²) in [6, 6.07) is 0.379. The zero-order valence-corrected chi connectivity index (χ0v) is 13.8. The molecule has 0 bridgehead atoms. The Balaban J connectivity index is 0.00000200. The van der Waals surface area contributed by atoms with Crippen molar-refractivity contribution in [3.8, 4) is 0 Å². The van der Waals surface area contributed by atoms with Crippen LogP contribution in [0.1, 0.15) is 37.6 Å². The van der Waals surface area contributed by atoms with Crippen LogP contribution >= 0.6 is 12.4 Å². The van der Waals surface area contributed by atoms with Crippen LogP contribution in [0.4, 0.5) is 0 Å². The third kappa shape index (κ3) is 3.69. The predicted molar refractivity (Wildman–Crippen MR) is 81.1 cm³/mol. The van der Waals surface area contributed by atoms with Crippen LogP contribution < -0.4 is 5.32 Å². The van der Waals surface area contributed by atoms with E-state index in [2.05, 4.69) is 46.2 Å². The summed E-state index contributed by atoms with van der Waals surface area (Å²) in [4.78, 5) is 9.02. The van der Waals surface area contributed by atoms with Crippen molar-refractivity contribution < 1.29 is 4.52 Å². The first-order chi connectivity index (χ1) is 9.00. The van der Waals surface area contributed by atoms with Crippen molar-refractivity contribution in [2.24, 2.45) is 5.92 Å². The smallest absolute Gasteiger partial charge is 0.244 e. The van der Waals surface area contributed by atoms with Gasteiger partial charge in [0.05, 0.1) is 12.1 Å². The lowest BCUT2D eigenvalue weighted by molar-refractivity contribution is 0.178. The first kappa shape index (κ1) is 17.4. The summed E-state index contributed by atoms with van der Waals surface area (Å²) in [6.45, 7) is 7.25. The number of rotatable bonds is 4. The van der Waals surface area contributed by atoms with Gasteiger partial charge in [0.1, 0.15) is 0 Å². The van der Waals surface area contributed by atoms with Gasteiger partial charge in [0.25, 0.3) is 0 Å². The van der Waals surface area contributed by atoms with Crippen LogP contribution in [0.15, 0.2) is 4.52 Å². The molecule has 7 heteroatoms. The van der Waals surface area contributed by atoms with Gasteiger partial charge in [0.2, 0.25) is 5.89 Å². The monoisotopic (exact) mass is 303 g/mol. The molecule has 20 heavy (non-hydrogen) atoms. The molecule has 0 radical (unpaired) electrons. The van der Waals surface area contributed by atoms with Gasteiger partial charge in [0, 0.05) is 19.6 Å². The fourth-order valence-corrected chi connectivity index (χ4v) is 2.70. The molecule has 2 rings (SSSR count). The number of hydrogen-bond donors (Lipinski definition) is 1. The zero-order valence-electron chi connectivity index (χ0n) is 13.0. The Morgan fingerprint density at radius 1 is 1.40 bits per heavy atom. The van der Waals surface area contributed by atoms with Crippen LogP contribution in [0, 0.1) is 5.92 Å². The fraction of sp³-hybridized carbons (Fsp3) is 0.846. The lowest BCUT2D eigenvalue weighted by Gasteiger charge is -2.30. The minimum atomic E-state index is 0. The van der Waals surface area contributed by atoms with Gasteiger partial charge in [-0.25, -0.2) is 0 Å². The minimum Gasteiger partial charge on any atom is -0.338 e. The highest BCUT2D eigenvalue weighted by Gasteiger charge is 2.29. The van der Waals surface area contributed by atoms with E-state index in [0.717, 1.165) is 25.5 Å². The Morgan fingerprint density at radius 3 is 2.65 bits per heavy atom. The SMILES string of the molecule is CC(C)C(c1nc(C2CNCCN2C)no1)N(C)C.Cl. The lowest BCUT2D eigenvalue weighted by Crippen LogP contribution is -2.44. The van der Waals surface area contributed by atoms with Crippen LogP contribution in [-0.4, -0.2) is 60.7 Å². The first-order valence-corrected chi connectivity index (χ1v) is 6.91. The van der Waals surface area contributed by atoms with Gasteiger partial charge in [-0.05, 0) is 27.1 Å². The van der Waals surface area contributed by atoms with Crippen molar-refractivity contribution in [3.63, 3.8) is 0 Å². The molecule has 0 saturated carbocycles. The second-order valence-electron chi connectivity index (χ2n) is 5.84. The largest absolute Gasteiger partial charge is 0.338 e. The number of nitrogens with zero attached hydrogens (tertiary/aromatic N) is 4. The standard InChI is InChI=1S/C13H25N5O.ClH/c1-9(2)11(17(3)4)13-15-12(16-19-13)10-8-14-6-7-18(10)5;/h9-11,14H,6-8H2,1-5H3;1H. The minimum absolute atomic E-state index is 0. The Bertz CT molecular complexity index is 401. The highest BCUT2D eigenvalue weighted by Crippen LogP contribution is 2.27. The molecule has 0 aliphatic carbocycles. The second kappa shape index (κ2) is 7.36. The molecule has 6 nitrogen and oxygen atoms in total. The molecule has 1 aromatic heterocycles. The highest BCUT2D eigenvalue weighted by molar-refractivity contribution is 5.85. The average Bonchev–Trinajstić information content (AvgIpc) is 2.77. The molecular weight excluding hydrogens is 278 g/mol. The molecular formula is C13H26ClN5O. The third-order valence-electron chi connectivity index (χ3n) is 3.71. The average molecular weight is 304 g/mol. The van der Waals surface area contributed by atoms with E-state index in [-0.39, 0.29) is 24.5 Å². The van der Waals surface area contributed by atoms with Crippen molar-refractivity contribution >= 4 is 12.4 Å². The number of halogens is 1. The van der Waals surface area contributed by atoms with E-state index < -0.39 is 0 Å². The molecule has 1 fully saturated rings. The molecule has 1 aromatic rings. The summed E-state index contributed by atoms with van der Waals surface area (Å²) < 4.78 is 5.49. The van der Waals surface area contributed by atoms with E-state index in [1.165, 1.54) is 0 Å². The van der Waals surface area contributed by atoms with E-state index in [1.807, 2.05) is 14.1 Å². The van der Waals surface area contributed by atoms with Gasteiger partial charge in [-0.1, -0.05) is 19.0 Å². The Kier molecular flexibility index (Phi) is 6.39. The third-order valence-corrected chi connectivity index (χ3v) is 3.71. The summed E-state index contributed by atoms with van der Waals surface area (Å²) in [6.07, 6.45) is 0. The molecule has 1 saturated heterocycles. The number of nitrogens with one attached hydrogen (secondary N) is 1. The summed E-state index contributed by atoms with van der Waals surface area (Å²) in [7, 11) is 6.19. The molecule has 2 heterocycles. The summed E-state index contributed by atoms with van der Waals surface area (Å²) >= 11 is 0. The van der Waals surface area contributed by atoms with Crippen molar-refractivity contribution in [2.45, 2.75) is 25.9 Å². The van der Waals surface area contributed by atoms with E-state index in [0.29, 0.717) is 11.8 Å². The number of piperazine rings is 1. The van der Waals surface area contributed by atoms with Gasteiger partial charge in [-0.3, -0.25) is 9.80 Å². The normalized spacial score (nSPS) is 22.1. The summed E-state index contributed by atoms with van der Waals surface area (Å²) in [5, 5.41) is 7.56. The fourth-order valence-electron chi connectivity index (χ4n) is 2.70. The molecule has 1 aliphatic heterocycles. The maximum absolute atomic E-state index is 5.49. The number of hydrogen-bond acceptors (Lipinski definition) is 6. The molecule has 1 aliphatic rings. The Hall–Kier alpha value is -0.690. The van der Waals surface area contributed by atoms with Crippen molar-refractivity contribution in [2.75, 3.05) is 40.8 Å². The maximum atomic E-state index is 5.49. The predicted octanol–water partition coefficient (Wildman–Crippen LogP) is 1.33. The summed E-state index contributed by atoms with van der Waals surface area (Å²) in [5.41, 5.74) is 0. The van der Waals surface area contributed by atoms with Crippen molar-refractivity contribution in [3.05, 3.63) is 11.7 Å². The van der Waals surface area contributed by atoms with E-state index in [9.17, 15) is 0 Å². The molecule has 0 aromatic carbocycles. The van der Waals surface area contributed by atoms with Gasteiger partial charge in [-0.15, -0.1) is 12.4 Å². The zero-order chi connectivity index (χ0) is 14.0.